The van der Waals surface area contributed by atoms with Gasteiger partial charge in [0.05, 0.1) is 6.61 Å². The van der Waals surface area contributed by atoms with E-state index in [1.807, 2.05) is 23.9 Å². The molecule has 0 saturated heterocycles. The van der Waals surface area contributed by atoms with Crippen molar-refractivity contribution < 1.29 is 5.11 Å². The molecule has 0 heterocycles. The van der Waals surface area contributed by atoms with E-state index in [0.717, 1.165) is 5.56 Å². The highest BCUT2D eigenvalue weighted by Crippen LogP contribution is 2.27. The lowest BCUT2D eigenvalue weighted by atomic mass is 10.2. The van der Waals surface area contributed by atoms with Gasteiger partial charge in [-0.1, -0.05) is 32.9 Å². The normalized spacial score (nSPS) is 13.2. The Hall–Kier alpha value is -0.470. The first-order valence-electron chi connectivity index (χ1n) is 5.00. The standard InChI is InChI=1S/C12H18OS/c1-9(2)10(3)14-12-6-4-11(8-13)5-7-12/h4-7,9-10,13H,8H2,1-3H3. The molecule has 1 aromatic carbocycles. The molecular formula is C12H18OS. The Morgan fingerprint density at radius 3 is 2.14 bits per heavy atom. The molecule has 1 nitrogen and oxygen atoms in total. The Bertz CT molecular complexity index is 266. The Labute approximate surface area is 90.5 Å². The Kier molecular flexibility index (Phi) is 4.49. The average Bonchev–Trinajstić information content (AvgIpc) is 2.19. The van der Waals surface area contributed by atoms with E-state index in [9.17, 15) is 0 Å². The summed E-state index contributed by atoms with van der Waals surface area (Å²) in [5, 5.41) is 9.53. The fraction of sp³-hybridized carbons (Fsp3) is 0.500. The summed E-state index contributed by atoms with van der Waals surface area (Å²) in [5.74, 6) is 0.692. The quantitative estimate of drug-likeness (QED) is 0.769. The summed E-state index contributed by atoms with van der Waals surface area (Å²) in [6.45, 7) is 6.85. The van der Waals surface area contributed by atoms with E-state index in [1.165, 1.54) is 4.90 Å². The smallest absolute Gasteiger partial charge is 0.0681 e. The van der Waals surface area contributed by atoms with Gasteiger partial charge in [0.2, 0.25) is 0 Å². The van der Waals surface area contributed by atoms with Crippen LogP contribution in [0.2, 0.25) is 0 Å². The third-order valence-electron chi connectivity index (χ3n) is 2.37. The summed E-state index contributed by atoms with van der Waals surface area (Å²) in [4.78, 5) is 1.28. The van der Waals surface area contributed by atoms with Crippen LogP contribution < -0.4 is 0 Å². The van der Waals surface area contributed by atoms with Crippen molar-refractivity contribution in [1.29, 1.82) is 0 Å². The molecule has 0 saturated carbocycles. The van der Waals surface area contributed by atoms with E-state index < -0.39 is 0 Å². The summed E-state index contributed by atoms with van der Waals surface area (Å²) >= 11 is 1.89. The second-order valence-electron chi connectivity index (χ2n) is 3.87. The first-order valence-corrected chi connectivity index (χ1v) is 5.88. The molecule has 0 aromatic heterocycles. The summed E-state index contributed by atoms with van der Waals surface area (Å²) in [6.07, 6.45) is 0. The molecule has 1 rings (SSSR count). The Balaban J connectivity index is 2.59. The number of rotatable bonds is 4. The van der Waals surface area contributed by atoms with Gasteiger partial charge in [-0.05, 0) is 23.6 Å². The van der Waals surface area contributed by atoms with E-state index in [1.54, 1.807) is 0 Å². The molecule has 0 radical (unpaired) electrons. The van der Waals surface area contributed by atoms with Gasteiger partial charge in [0.15, 0.2) is 0 Å². The molecule has 0 aliphatic heterocycles. The van der Waals surface area contributed by atoms with Crippen molar-refractivity contribution >= 4 is 11.8 Å². The van der Waals surface area contributed by atoms with Gasteiger partial charge in [-0.25, -0.2) is 0 Å². The van der Waals surface area contributed by atoms with Gasteiger partial charge >= 0.3 is 0 Å². The first-order chi connectivity index (χ1) is 6.63. The van der Waals surface area contributed by atoms with Gasteiger partial charge in [0, 0.05) is 10.1 Å². The van der Waals surface area contributed by atoms with Crippen LogP contribution >= 0.6 is 11.8 Å². The highest BCUT2D eigenvalue weighted by molar-refractivity contribution is 8.00. The number of hydrogen-bond acceptors (Lipinski definition) is 2. The van der Waals surface area contributed by atoms with Crippen LogP contribution in [0.1, 0.15) is 26.3 Å². The molecule has 0 spiro atoms. The SMILES string of the molecule is CC(C)C(C)Sc1ccc(CO)cc1. The van der Waals surface area contributed by atoms with Crippen molar-refractivity contribution in [3.63, 3.8) is 0 Å². The van der Waals surface area contributed by atoms with Crippen molar-refractivity contribution in [1.82, 2.24) is 0 Å². The third-order valence-corrected chi connectivity index (χ3v) is 3.83. The lowest BCUT2D eigenvalue weighted by Gasteiger charge is -2.14. The van der Waals surface area contributed by atoms with E-state index in [4.69, 9.17) is 5.11 Å². The largest absolute Gasteiger partial charge is 0.392 e. The maximum absolute atomic E-state index is 8.89. The second kappa shape index (κ2) is 5.42. The average molecular weight is 210 g/mol. The zero-order valence-corrected chi connectivity index (χ0v) is 9.84. The molecule has 0 aliphatic carbocycles. The molecule has 1 atom stereocenters. The molecule has 0 bridgehead atoms. The Morgan fingerprint density at radius 1 is 1.14 bits per heavy atom. The van der Waals surface area contributed by atoms with Gasteiger partial charge < -0.3 is 5.11 Å². The molecule has 78 valence electrons. The van der Waals surface area contributed by atoms with Gasteiger partial charge in [-0.3, -0.25) is 0 Å². The van der Waals surface area contributed by atoms with Crippen molar-refractivity contribution in [2.24, 2.45) is 5.92 Å². The number of benzene rings is 1. The van der Waals surface area contributed by atoms with Gasteiger partial charge in [0.1, 0.15) is 0 Å². The molecule has 0 fully saturated rings. The van der Waals surface area contributed by atoms with Crippen LogP contribution in [-0.2, 0) is 6.61 Å². The van der Waals surface area contributed by atoms with E-state index >= 15 is 0 Å². The molecule has 0 amide bonds. The molecule has 14 heavy (non-hydrogen) atoms. The van der Waals surface area contributed by atoms with Gasteiger partial charge in [0.25, 0.3) is 0 Å². The van der Waals surface area contributed by atoms with Crippen molar-refractivity contribution in [2.75, 3.05) is 0 Å². The maximum Gasteiger partial charge on any atom is 0.0681 e. The van der Waals surface area contributed by atoms with E-state index in [0.29, 0.717) is 11.2 Å². The van der Waals surface area contributed by atoms with Gasteiger partial charge in [-0.2, -0.15) is 0 Å². The molecule has 0 aliphatic rings. The van der Waals surface area contributed by atoms with Crippen LogP contribution in [0.5, 0.6) is 0 Å². The number of thioether (sulfide) groups is 1. The number of hydrogen-bond donors (Lipinski definition) is 1. The van der Waals surface area contributed by atoms with Crippen LogP contribution in [0.4, 0.5) is 0 Å². The zero-order valence-electron chi connectivity index (χ0n) is 9.03. The molecular weight excluding hydrogens is 192 g/mol. The zero-order chi connectivity index (χ0) is 10.6. The number of aliphatic hydroxyl groups excluding tert-OH is 1. The lowest BCUT2D eigenvalue weighted by Crippen LogP contribution is -2.04. The monoisotopic (exact) mass is 210 g/mol. The summed E-state index contributed by atoms with van der Waals surface area (Å²) in [5.41, 5.74) is 0.978. The van der Waals surface area contributed by atoms with Crippen LogP contribution in [0.15, 0.2) is 29.2 Å². The van der Waals surface area contributed by atoms with Crippen molar-refractivity contribution in [2.45, 2.75) is 37.5 Å². The predicted octanol–water partition coefficient (Wildman–Crippen LogP) is 3.32. The summed E-state index contributed by atoms with van der Waals surface area (Å²) < 4.78 is 0. The van der Waals surface area contributed by atoms with E-state index in [-0.39, 0.29) is 6.61 Å². The van der Waals surface area contributed by atoms with Crippen molar-refractivity contribution in [3.05, 3.63) is 29.8 Å². The molecule has 1 unspecified atom stereocenters. The van der Waals surface area contributed by atoms with Crippen LogP contribution in [-0.4, -0.2) is 10.4 Å². The topological polar surface area (TPSA) is 20.2 Å². The molecule has 1 N–H and O–H groups in total. The minimum atomic E-state index is 0.130. The maximum atomic E-state index is 8.89. The van der Waals surface area contributed by atoms with Crippen LogP contribution in [0, 0.1) is 5.92 Å². The predicted molar refractivity (Wildman–Crippen MR) is 62.5 cm³/mol. The van der Waals surface area contributed by atoms with E-state index in [2.05, 4.69) is 32.9 Å². The Morgan fingerprint density at radius 2 is 1.71 bits per heavy atom. The highest BCUT2D eigenvalue weighted by Gasteiger charge is 2.08. The molecule has 1 aromatic rings. The second-order valence-corrected chi connectivity index (χ2v) is 5.32. The summed E-state index contributed by atoms with van der Waals surface area (Å²) in [6, 6.07) is 8.12. The minimum Gasteiger partial charge on any atom is -0.392 e. The fourth-order valence-electron chi connectivity index (χ4n) is 1.02. The minimum absolute atomic E-state index is 0.130. The van der Waals surface area contributed by atoms with Crippen molar-refractivity contribution in [3.8, 4) is 0 Å². The van der Waals surface area contributed by atoms with Gasteiger partial charge in [-0.15, -0.1) is 11.8 Å². The lowest BCUT2D eigenvalue weighted by molar-refractivity contribution is 0.282. The highest BCUT2D eigenvalue weighted by atomic mass is 32.2. The summed E-state index contributed by atoms with van der Waals surface area (Å²) in [7, 11) is 0. The molecule has 2 heteroatoms. The van der Waals surface area contributed by atoms with Crippen LogP contribution in [0.3, 0.4) is 0 Å². The number of aliphatic hydroxyl groups is 1. The first kappa shape index (κ1) is 11.6. The van der Waals surface area contributed by atoms with Crippen LogP contribution in [0.25, 0.3) is 0 Å². The fourth-order valence-corrected chi connectivity index (χ4v) is 2.02. The third kappa shape index (κ3) is 3.35.